The topological polar surface area (TPSA) is 26.3 Å². The Balaban J connectivity index is 1.92. The Labute approximate surface area is 199 Å². The molecule has 0 bridgehead atoms. The van der Waals surface area contributed by atoms with Crippen LogP contribution in [0.25, 0.3) is 0 Å². The summed E-state index contributed by atoms with van der Waals surface area (Å²) in [6, 6.07) is 33.2. The number of hydrogen-bond acceptors (Lipinski definition) is 2. The van der Waals surface area contributed by atoms with Crippen molar-refractivity contribution >= 4 is 29.1 Å². The Kier molecular flexibility index (Phi) is 6.86. The first-order valence-corrected chi connectivity index (χ1v) is 13.7. The lowest BCUT2D eigenvalue weighted by Gasteiger charge is -2.40. The van der Waals surface area contributed by atoms with Crippen molar-refractivity contribution in [3.63, 3.8) is 0 Å². The number of ether oxygens (including phenoxy) is 1. The van der Waals surface area contributed by atoms with Crippen LogP contribution in [0.3, 0.4) is 0 Å². The lowest BCUT2D eigenvalue weighted by atomic mass is 9.72. The maximum atomic E-state index is 11.7. The van der Waals surface area contributed by atoms with Gasteiger partial charge < -0.3 is 4.74 Å². The summed E-state index contributed by atoms with van der Waals surface area (Å²) in [5, 5.41) is 4.21. The van der Waals surface area contributed by atoms with E-state index in [1.54, 1.807) is 0 Å². The van der Waals surface area contributed by atoms with Crippen LogP contribution >= 0.6 is 7.26 Å². The van der Waals surface area contributed by atoms with Gasteiger partial charge in [-0.05, 0) is 60.7 Å². The van der Waals surface area contributed by atoms with Crippen LogP contribution in [0.4, 0.5) is 0 Å². The molecule has 0 amide bonds. The highest BCUT2D eigenvalue weighted by Gasteiger charge is 2.49. The molecule has 1 aliphatic rings. The molecule has 1 atom stereocenters. The SMILES string of the molecule is CC(=O)OC1CC(C)=C(C[P+](c2ccccc2)(c2ccccc2)c2ccccc2)C(C)(C)C1. The molecule has 3 aromatic rings. The largest absolute Gasteiger partial charge is 0.462 e. The molecule has 0 saturated carbocycles. The highest BCUT2D eigenvalue weighted by Crippen LogP contribution is 2.60. The molecule has 0 spiro atoms. The molecule has 33 heavy (non-hydrogen) atoms. The van der Waals surface area contributed by atoms with Crippen molar-refractivity contribution in [3.8, 4) is 0 Å². The molecule has 2 nitrogen and oxygen atoms in total. The van der Waals surface area contributed by atoms with Gasteiger partial charge in [0.1, 0.15) is 29.3 Å². The Morgan fingerprint density at radius 2 is 1.27 bits per heavy atom. The standard InChI is InChI=1S/C30H34O2P/c1-23-20-25(32-24(2)31)21-30(3,4)29(23)22-33(26-14-8-5-9-15-26,27-16-10-6-11-17-27)28-18-12-7-13-19-28/h5-19,25H,20-22H2,1-4H3/q+1. The van der Waals surface area contributed by atoms with Gasteiger partial charge >= 0.3 is 5.97 Å². The third-order valence-corrected chi connectivity index (χ3v) is 11.3. The van der Waals surface area contributed by atoms with Crippen molar-refractivity contribution in [2.24, 2.45) is 5.41 Å². The average molecular weight is 458 g/mol. The van der Waals surface area contributed by atoms with Crippen molar-refractivity contribution in [3.05, 3.63) is 102 Å². The summed E-state index contributed by atoms with van der Waals surface area (Å²) in [7, 11) is -1.95. The predicted molar refractivity (Wildman–Crippen MR) is 141 cm³/mol. The summed E-state index contributed by atoms with van der Waals surface area (Å²) >= 11 is 0. The van der Waals surface area contributed by atoms with Gasteiger partial charge in [-0.15, -0.1) is 0 Å². The molecule has 0 saturated heterocycles. The number of allylic oxidation sites excluding steroid dienone is 1. The minimum atomic E-state index is -1.95. The summed E-state index contributed by atoms with van der Waals surface area (Å²) in [5.41, 5.74) is 2.83. The number of carbonyl (C=O) groups is 1. The van der Waals surface area contributed by atoms with Gasteiger partial charge in [-0.1, -0.05) is 74.0 Å². The van der Waals surface area contributed by atoms with Crippen LogP contribution in [0, 0.1) is 5.41 Å². The predicted octanol–water partition coefficient (Wildman–Crippen LogP) is 6.05. The fraction of sp³-hybridized carbons (Fsp3) is 0.300. The Bertz CT molecular complexity index is 1020. The summed E-state index contributed by atoms with van der Waals surface area (Å²) in [6.07, 6.45) is 2.63. The second-order valence-corrected chi connectivity index (χ2v) is 13.2. The number of carbonyl (C=O) groups excluding carboxylic acids is 1. The maximum absolute atomic E-state index is 11.7. The van der Waals surface area contributed by atoms with Crippen molar-refractivity contribution in [2.45, 2.75) is 46.6 Å². The smallest absolute Gasteiger partial charge is 0.302 e. The second kappa shape index (κ2) is 9.65. The zero-order chi connectivity index (χ0) is 23.5. The molecule has 1 aliphatic carbocycles. The van der Waals surface area contributed by atoms with Crippen LogP contribution < -0.4 is 15.9 Å². The van der Waals surface area contributed by atoms with Crippen LogP contribution in [-0.4, -0.2) is 18.2 Å². The summed E-state index contributed by atoms with van der Waals surface area (Å²) < 4.78 is 5.67. The first kappa shape index (κ1) is 23.5. The fourth-order valence-electron chi connectivity index (χ4n) is 5.48. The third kappa shape index (κ3) is 4.82. The van der Waals surface area contributed by atoms with Crippen LogP contribution in [0.15, 0.2) is 102 Å². The number of esters is 1. The first-order valence-electron chi connectivity index (χ1n) is 11.7. The quantitative estimate of drug-likeness (QED) is 0.256. The van der Waals surface area contributed by atoms with Crippen LogP contribution in [0.1, 0.15) is 40.5 Å². The molecule has 0 heterocycles. The van der Waals surface area contributed by atoms with E-state index in [1.165, 1.54) is 34.0 Å². The molecule has 3 heteroatoms. The average Bonchev–Trinajstić information content (AvgIpc) is 2.80. The van der Waals surface area contributed by atoms with E-state index in [-0.39, 0.29) is 17.5 Å². The number of rotatable bonds is 6. The van der Waals surface area contributed by atoms with Crippen molar-refractivity contribution in [2.75, 3.05) is 6.16 Å². The lowest BCUT2D eigenvalue weighted by molar-refractivity contribution is -0.147. The van der Waals surface area contributed by atoms with Crippen LogP contribution in [0.2, 0.25) is 0 Å². The molecule has 3 aromatic carbocycles. The molecular formula is C30H34O2P+. The van der Waals surface area contributed by atoms with Gasteiger partial charge in [0, 0.05) is 13.3 Å². The molecule has 0 aromatic heterocycles. The molecular weight excluding hydrogens is 423 g/mol. The van der Waals surface area contributed by atoms with Gasteiger partial charge in [0.05, 0.1) is 6.16 Å². The van der Waals surface area contributed by atoms with Crippen molar-refractivity contribution < 1.29 is 9.53 Å². The minimum Gasteiger partial charge on any atom is -0.462 e. The van der Waals surface area contributed by atoms with Crippen LogP contribution in [-0.2, 0) is 9.53 Å². The maximum Gasteiger partial charge on any atom is 0.302 e. The zero-order valence-electron chi connectivity index (χ0n) is 20.1. The first-order chi connectivity index (χ1) is 15.8. The van der Waals surface area contributed by atoms with Gasteiger partial charge in [-0.25, -0.2) is 0 Å². The van der Waals surface area contributed by atoms with Gasteiger partial charge in [-0.2, -0.15) is 0 Å². The fourth-order valence-corrected chi connectivity index (χ4v) is 10.1. The minimum absolute atomic E-state index is 0.0424. The summed E-state index contributed by atoms with van der Waals surface area (Å²) in [4.78, 5) is 11.7. The molecule has 0 fully saturated rings. The van der Waals surface area contributed by atoms with Crippen molar-refractivity contribution in [1.29, 1.82) is 0 Å². The molecule has 0 aliphatic heterocycles. The summed E-state index contributed by atoms with van der Waals surface area (Å²) in [6.45, 7) is 8.38. The Hall–Kier alpha value is -2.70. The Morgan fingerprint density at radius 1 is 0.848 bits per heavy atom. The monoisotopic (exact) mass is 457 g/mol. The lowest BCUT2D eigenvalue weighted by Crippen LogP contribution is -2.39. The number of benzene rings is 3. The number of hydrogen-bond donors (Lipinski definition) is 0. The van der Waals surface area contributed by atoms with Gasteiger partial charge in [0.15, 0.2) is 0 Å². The van der Waals surface area contributed by atoms with E-state index in [2.05, 4.69) is 112 Å². The molecule has 0 radical (unpaired) electrons. The highest BCUT2D eigenvalue weighted by molar-refractivity contribution is 7.95. The normalized spacial score (nSPS) is 18.1. The molecule has 4 rings (SSSR count). The highest BCUT2D eigenvalue weighted by atomic mass is 31.2. The van der Waals surface area contributed by atoms with Gasteiger partial charge in [-0.3, -0.25) is 4.79 Å². The second-order valence-electron chi connectivity index (χ2n) is 9.76. The van der Waals surface area contributed by atoms with E-state index in [4.69, 9.17) is 4.74 Å². The van der Waals surface area contributed by atoms with E-state index in [0.717, 1.165) is 19.0 Å². The van der Waals surface area contributed by atoms with Gasteiger partial charge in [0.2, 0.25) is 0 Å². The third-order valence-electron chi connectivity index (χ3n) is 6.92. The Morgan fingerprint density at radius 3 is 1.64 bits per heavy atom. The summed E-state index contributed by atoms with van der Waals surface area (Å²) in [5.74, 6) is -0.188. The molecule has 1 unspecified atom stereocenters. The van der Waals surface area contributed by atoms with Crippen molar-refractivity contribution in [1.82, 2.24) is 0 Å². The van der Waals surface area contributed by atoms with Gasteiger partial charge in [0.25, 0.3) is 0 Å². The van der Waals surface area contributed by atoms with E-state index in [0.29, 0.717) is 0 Å². The van der Waals surface area contributed by atoms with E-state index in [9.17, 15) is 4.79 Å². The molecule has 0 N–H and O–H groups in total. The van der Waals surface area contributed by atoms with E-state index >= 15 is 0 Å². The van der Waals surface area contributed by atoms with Crippen LogP contribution in [0.5, 0.6) is 0 Å². The van der Waals surface area contributed by atoms with E-state index < -0.39 is 7.26 Å². The molecule has 170 valence electrons. The zero-order valence-corrected chi connectivity index (χ0v) is 21.0. The van der Waals surface area contributed by atoms with E-state index in [1.807, 2.05) is 0 Å².